The van der Waals surface area contributed by atoms with Gasteiger partial charge in [0.25, 0.3) is 5.09 Å². The number of ether oxygens (including phenoxy) is 3. The highest BCUT2D eigenvalue weighted by atomic mass is 16.9. The minimum Gasteiger partial charge on any atom is -0.453 e. The molecule has 0 aliphatic heterocycles. The Morgan fingerprint density at radius 2 is 1.73 bits per heavy atom. The largest absolute Gasteiger partial charge is 0.519 e. The molecule has 0 saturated heterocycles. The van der Waals surface area contributed by atoms with Gasteiger partial charge in [-0.1, -0.05) is 55.5 Å². The third kappa shape index (κ3) is 10.4. The first-order valence-corrected chi connectivity index (χ1v) is 17.9. The number of aryl methyl sites for hydroxylation is 2. The third-order valence-electron chi connectivity index (χ3n) is 8.46. The molecule has 1 atom stereocenters. The molecule has 0 fully saturated rings. The summed E-state index contributed by atoms with van der Waals surface area (Å²) in [5, 5.41) is 33.1. The number of rotatable bonds is 19. The van der Waals surface area contributed by atoms with Crippen LogP contribution in [0.2, 0.25) is 0 Å². The van der Waals surface area contributed by atoms with Crippen LogP contribution in [0.25, 0.3) is 22.5 Å². The van der Waals surface area contributed by atoms with E-state index in [0.717, 1.165) is 27.9 Å². The van der Waals surface area contributed by atoms with Gasteiger partial charge in [-0.3, -0.25) is 0 Å². The number of hydrogen-bond donors (Lipinski definition) is 1. The Balaban J connectivity index is 1.29. The molecule has 56 heavy (non-hydrogen) atoms. The van der Waals surface area contributed by atoms with Crippen molar-refractivity contribution in [3.05, 3.63) is 104 Å². The fourth-order valence-electron chi connectivity index (χ4n) is 5.71. The molecule has 298 valence electrons. The molecule has 19 heteroatoms. The molecule has 3 heterocycles. The van der Waals surface area contributed by atoms with E-state index in [1.807, 2.05) is 55.5 Å². The predicted molar refractivity (Wildman–Crippen MR) is 194 cm³/mol. The summed E-state index contributed by atoms with van der Waals surface area (Å²) in [5.74, 6) is -0.495. The summed E-state index contributed by atoms with van der Waals surface area (Å²) in [6.07, 6.45) is 0.895. The predicted octanol–water partition coefficient (Wildman–Crippen LogP) is 5.69. The molecule has 1 N–H and O–H groups in total. The van der Waals surface area contributed by atoms with Crippen LogP contribution in [0.3, 0.4) is 0 Å². The van der Waals surface area contributed by atoms with E-state index in [-0.39, 0.29) is 49.3 Å². The number of unbranched alkanes of at least 4 members (excludes halogenated alkanes) is 2. The quantitative estimate of drug-likeness (QED) is 0.0458. The van der Waals surface area contributed by atoms with E-state index in [1.165, 1.54) is 6.92 Å². The summed E-state index contributed by atoms with van der Waals surface area (Å²) in [4.78, 5) is 57.6. The van der Waals surface area contributed by atoms with Gasteiger partial charge in [0, 0.05) is 18.5 Å². The molecule has 0 saturated carbocycles. The molecule has 19 nitrogen and oxygen atoms in total. The number of nitrogens with zero attached hydrogens (tertiary/aromatic N) is 7. The number of imidazole rings is 1. The SMILES string of the molecule is CCCc1nc(C(C)(C)O)c(C(=O)OCc2oc(=O)oc2C)n1Cc1ccc(-c2ccccc2-c2nnn(C(C)OC(=O)OCCCCCO[N+](=O)[O-])n2)cc1. The maximum absolute atomic E-state index is 13.6. The maximum atomic E-state index is 13.6. The van der Waals surface area contributed by atoms with Crippen molar-refractivity contribution in [3.8, 4) is 22.5 Å². The fraction of sp³-hybridized carbons (Fsp3) is 0.432. The number of aliphatic hydroxyl groups is 1. The maximum Gasteiger partial charge on any atom is 0.519 e. The molecule has 0 spiro atoms. The Bertz CT molecular complexity index is 2180. The van der Waals surface area contributed by atoms with Gasteiger partial charge >= 0.3 is 17.9 Å². The zero-order valence-corrected chi connectivity index (χ0v) is 31.6. The molecular weight excluding hydrogens is 734 g/mol. The lowest BCUT2D eigenvalue weighted by Gasteiger charge is -2.17. The van der Waals surface area contributed by atoms with E-state index >= 15 is 0 Å². The van der Waals surface area contributed by atoms with Crippen molar-refractivity contribution in [2.75, 3.05) is 13.2 Å². The van der Waals surface area contributed by atoms with E-state index in [4.69, 9.17) is 23.0 Å². The van der Waals surface area contributed by atoms with Crippen LogP contribution >= 0.6 is 0 Å². The standard InChI is InChI=1S/C37H43N7O12/c1-6-12-30-38-32(37(4,5)48)31(34(45)52-22-29-23(2)54-36(47)56-29)42(30)21-25-15-17-26(18-16-25)27-13-8-9-14-28(27)33-39-41-43(40-33)24(3)55-35(46)51-19-10-7-11-20-53-44(49)50/h8-9,13-18,24,48H,6-7,10-12,19-22H2,1-5H3. The van der Waals surface area contributed by atoms with Crippen molar-refractivity contribution < 1.29 is 47.7 Å². The van der Waals surface area contributed by atoms with Crippen LogP contribution < -0.4 is 5.82 Å². The zero-order valence-electron chi connectivity index (χ0n) is 31.6. The summed E-state index contributed by atoms with van der Waals surface area (Å²) in [7, 11) is 0. The Morgan fingerprint density at radius 1 is 1.02 bits per heavy atom. The van der Waals surface area contributed by atoms with Gasteiger partial charge in [-0.25, -0.2) is 19.4 Å². The minimum absolute atomic E-state index is 0.0270. The second-order valence-electron chi connectivity index (χ2n) is 13.2. The van der Waals surface area contributed by atoms with Crippen molar-refractivity contribution in [2.45, 2.75) is 91.7 Å². The van der Waals surface area contributed by atoms with Gasteiger partial charge in [0.15, 0.2) is 23.8 Å². The number of carbonyl (C=O) groups excluding carboxylic acids is 2. The monoisotopic (exact) mass is 777 g/mol. The molecule has 0 aliphatic carbocycles. The average molecular weight is 778 g/mol. The van der Waals surface area contributed by atoms with Crippen LogP contribution in [0.1, 0.15) is 98.7 Å². The van der Waals surface area contributed by atoms with Crippen molar-refractivity contribution in [3.63, 3.8) is 0 Å². The van der Waals surface area contributed by atoms with Gasteiger partial charge in [-0.05, 0) is 75.3 Å². The fourth-order valence-corrected chi connectivity index (χ4v) is 5.71. The van der Waals surface area contributed by atoms with E-state index in [9.17, 15) is 29.6 Å². The summed E-state index contributed by atoms with van der Waals surface area (Å²) in [6.45, 7) is 8.09. The molecule has 2 aromatic carbocycles. The molecule has 1 unspecified atom stereocenters. The van der Waals surface area contributed by atoms with Gasteiger partial charge in [-0.2, -0.15) is 0 Å². The minimum atomic E-state index is -1.47. The first-order chi connectivity index (χ1) is 26.7. The lowest BCUT2D eigenvalue weighted by atomic mass is 9.98. The van der Waals surface area contributed by atoms with Crippen LogP contribution in [0.5, 0.6) is 0 Å². The number of tetrazole rings is 1. The number of esters is 1. The summed E-state index contributed by atoms with van der Waals surface area (Å²) >= 11 is 0. The van der Waals surface area contributed by atoms with Crippen LogP contribution in [0.4, 0.5) is 4.79 Å². The molecule has 0 radical (unpaired) electrons. The van der Waals surface area contributed by atoms with Gasteiger partial charge in [-0.15, -0.1) is 25.1 Å². The van der Waals surface area contributed by atoms with Crippen LogP contribution in [-0.2, 0) is 44.2 Å². The van der Waals surface area contributed by atoms with Crippen molar-refractivity contribution in [2.24, 2.45) is 0 Å². The molecule has 5 rings (SSSR count). The van der Waals surface area contributed by atoms with Crippen LogP contribution in [-0.4, -0.2) is 65.3 Å². The highest BCUT2D eigenvalue weighted by molar-refractivity contribution is 5.89. The third-order valence-corrected chi connectivity index (χ3v) is 8.46. The Labute approximate surface area is 320 Å². The number of hydrogen-bond acceptors (Lipinski definition) is 16. The van der Waals surface area contributed by atoms with Crippen molar-refractivity contribution >= 4 is 12.1 Å². The number of carbonyl (C=O) groups is 2. The van der Waals surface area contributed by atoms with Gasteiger partial charge in [0.1, 0.15) is 17.1 Å². The summed E-state index contributed by atoms with van der Waals surface area (Å²) < 4.78 is 27.5. The molecule has 5 aromatic rings. The van der Waals surface area contributed by atoms with E-state index < -0.39 is 34.9 Å². The average Bonchev–Trinajstić information content (AvgIpc) is 3.87. The highest BCUT2D eigenvalue weighted by Crippen LogP contribution is 2.31. The number of aromatic nitrogens is 6. The number of benzene rings is 2. The van der Waals surface area contributed by atoms with Gasteiger partial charge in [0.2, 0.25) is 12.1 Å². The molecule has 0 aliphatic rings. The molecule has 0 bridgehead atoms. The van der Waals surface area contributed by atoms with Crippen molar-refractivity contribution in [1.29, 1.82) is 0 Å². The topological polar surface area (TPSA) is 239 Å². The van der Waals surface area contributed by atoms with Gasteiger partial charge < -0.3 is 37.6 Å². The van der Waals surface area contributed by atoms with E-state index in [0.29, 0.717) is 42.9 Å². The van der Waals surface area contributed by atoms with E-state index in [2.05, 4.69) is 25.2 Å². The first kappa shape index (κ1) is 40.8. The lowest BCUT2D eigenvalue weighted by Crippen LogP contribution is -2.23. The molecule has 3 aromatic heterocycles. The highest BCUT2D eigenvalue weighted by Gasteiger charge is 2.33. The zero-order chi connectivity index (χ0) is 40.4. The van der Waals surface area contributed by atoms with Crippen LogP contribution in [0, 0.1) is 17.0 Å². The Kier molecular flexibility index (Phi) is 13.3. The first-order valence-electron chi connectivity index (χ1n) is 17.9. The van der Waals surface area contributed by atoms with E-state index in [1.54, 1.807) is 25.3 Å². The Hall–Kier alpha value is -6.37. The smallest absolute Gasteiger partial charge is 0.453 e. The Morgan fingerprint density at radius 3 is 2.39 bits per heavy atom. The lowest BCUT2D eigenvalue weighted by molar-refractivity contribution is -0.757. The van der Waals surface area contributed by atoms with Gasteiger partial charge in [0.05, 0.1) is 13.2 Å². The molecular formula is C37H43N7O12. The summed E-state index contributed by atoms with van der Waals surface area (Å²) in [6, 6.07) is 15.1. The normalized spacial score (nSPS) is 12.0. The molecule has 0 amide bonds. The van der Waals surface area contributed by atoms with Crippen molar-refractivity contribution in [1.82, 2.24) is 29.8 Å². The second kappa shape index (κ2) is 18.3. The van der Waals surface area contributed by atoms with Crippen LogP contribution in [0.15, 0.2) is 62.2 Å². The second-order valence-corrected chi connectivity index (χ2v) is 13.2. The summed E-state index contributed by atoms with van der Waals surface area (Å²) in [5.41, 5.74) is 1.92.